The highest BCUT2D eigenvalue weighted by Gasteiger charge is 2.10. The van der Waals surface area contributed by atoms with E-state index in [0.29, 0.717) is 11.3 Å². The first-order valence-electron chi connectivity index (χ1n) is 4.56. The highest BCUT2D eigenvalue weighted by atomic mass is 32.1. The van der Waals surface area contributed by atoms with Crippen molar-refractivity contribution < 1.29 is 14.3 Å². The number of methoxy groups -OCH3 is 1. The van der Waals surface area contributed by atoms with E-state index in [1.165, 1.54) is 7.11 Å². The third-order valence-electron chi connectivity index (χ3n) is 2.27. The van der Waals surface area contributed by atoms with E-state index in [1.807, 2.05) is 0 Å². The molecule has 0 bridgehead atoms. The summed E-state index contributed by atoms with van der Waals surface area (Å²) >= 11 is 3.74. The first-order valence-corrected chi connectivity index (χ1v) is 5.01. The molecule has 0 fully saturated rings. The average molecular weight is 235 g/mol. The maximum absolute atomic E-state index is 11.3. The fraction of sp³-hybridized carbons (Fsp3) is 0.0909. The predicted octanol–water partition coefficient (Wildman–Crippen LogP) is 2.02. The normalized spacial score (nSPS) is 10.4. The highest BCUT2D eigenvalue weighted by molar-refractivity contribution is 7.97. The molecule has 0 unspecified atom stereocenters. The Bertz CT molecular complexity index is 574. The van der Waals surface area contributed by atoms with Gasteiger partial charge in [0.15, 0.2) is 0 Å². The first-order chi connectivity index (χ1) is 7.61. The van der Waals surface area contributed by atoms with E-state index in [9.17, 15) is 9.59 Å². The van der Waals surface area contributed by atoms with Crippen molar-refractivity contribution in [3.05, 3.63) is 35.5 Å². The van der Waals surface area contributed by atoms with Crippen molar-refractivity contribution in [1.29, 1.82) is 0 Å². The number of hydrogen-bond donors (Lipinski definition) is 2. The average Bonchev–Trinajstić information content (AvgIpc) is 2.70. The Labute approximate surface area is 97.0 Å². The van der Waals surface area contributed by atoms with Gasteiger partial charge >= 0.3 is 5.97 Å². The molecule has 0 aliphatic heterocycles. The number of H-pyrrole nitrogens is 1. The number of esters is 1. The predicted molar refractivity (Wildman–Crippen MR) is 63.0 cm³/mol. The minimum atomic E-state index is -0.435. The van der Waals surface area contributed by atoms with Gasteiger partial charge in [0, 0.05) is 16.5 Å². The number of carbonyl (C=O) groups excluding carboxylic acids is 2. The van der Waals surface area contributed by atoms with Crippen LogP contribution in [-0.4, -0.2) is 23.2 Å². The zero-order valence-corrected chi connectivity index (χ0v) is 9.38. The molecule has 0 saturated carbocycles. The van der Waals surface area contributed by atoms with E-state index in [-0.39, 0.29) is 5.12 Å². The van der Waals surface area contributed by atoms with Crippen molar-refractivity contribution in [2.45, 2.75) is 0 Å². The number of ether oxygens (including phenoxy) is 1. The summed E-state index contributed by atoms with van der Waals surface area (Å²) in [6.45, 7) is 0. The number of fused-ring (bicyclic) bond motifs is 1. The van der Waals surface area contributed by atoms with Crippen LogP contribution in [0, 0.1) is 0 Å². The van der Waals surface area contributed by atoms with Crippen molar-refractivity contribution in [2.24, 2.45) is 0 Å². The van der Waals surface area contributed by atoms with E-state index in [0.717, 1.165) is 10.9 Å². The lowest BCUT2D eigenvalue weighted by Crippen LogP contribution is -2.00. The van der Waals surface area contributed by atoms with Crippen molar-refractivity contribution in [1.82, 2.24) is 4.98 Å². The number of benzene rings is 1. The zero-order chi connectivity index (χ0) is 11.7. The lowest BCUT2D eigenvalue weighted by molar-refractivity contribution is 0.0595. The summed E-state index contributed by atoms with van der Waals surface area (Å²) in [4.78, 5) is 25.2. The van der Waals surface area contributed by atoms with Gasteiger partial charge in [-0.05, 0) is 24.3 Å². The summed E-state index contributed by atoms with van der Waals surface area (Å²) in [5.41, 5.74) is 1.63. The van der Waals surface area contributed by atoms with Gasteiger partial charge in [0.1, 0.15) is 5.69 Å². The lowest BCUT2D eigenvalue weighted by Gasteiger charge is -1.93. The van der Waals surface area contributed by atoms with Gasteiger partial charge in [0.2, 0.25) is 5.12 Å². The van der Waals surface area contributed by atoms with Gasteiger partial charge in [-0.1, -0.05) is 0 Å². The van der Waals surface area contributed by atoms with Crippen LogP contribution in [0.25, 0.3) is 10.9 Å². The number of aromatic nitrogens is 1. The lowest BCUT2D eigenvalue weighted by atomic mass is 10.2. The third-order valence-corrected chi connectivity index (χ3v) is 2.53. The molecule has 0 atom stereocenters. The molecule has 0 aliphatic carbocycles. The molecule has 16 heavy (non-hydrogen) atoms. The molecule has 0 aliphatic rings. The van der Waals surface area contributed by atoms with Gasteiger partial charge in [-0.3, -0.25) is 4.79 Å². The molecular formula is C11H9NO3S. The molecule has 1 aromatic heterocycles. The van der Waals surface area contributed by atoms with E-state index >= 15 is 0 Å². The van der Waals surface area contributed by atoms with Crippen molar-refractivity contribution in [3.8, 4) is 0 Å². The Kier molecular flexibility index (Phi) is 2.70. The first kappa shape index (κ1) is 10.8. The minimum absolute atomic E-state index is 0.303. The Morgan fingerprint density at radius 3 is 2.69 bits per heavy atom. The van der Waals surface area contributed by atoms with Crippen LogP contribution in [0.1, 0.15) is 20.8 Å². The molecule has 2 rings (SSSR count). The largest absolute Gasteiger partial charge is 0.464 e. The highest BCUT2D eigenvalue weighted by Crippen LogP contribution is 2.18. The molecule has 0 radical (unpaired) electrons. The number of aromatic amines is 1. The Morgan fingerprint density at radius 2 is 2.06 bits per heavy atom. The number of carbonyl (C=O) groups is 2. The van der Waals surface area contributed by atoms with Gasteiger partial charge < -0.3 is 9.72 Å². The molecule has 1 aromatic carbocycles. The van der Waals surface area contributed by atoms with Gasteiger partial charge in [0.25, 0.3) is 0 Å². The molecule has 0 spiro atoms. The van der Waals surface area contributed by atoms with Crippen LogP contribution in [-0.2, 0) is 4.74 Å². The van der Waals surface area contributed by atoms with Crippen LogP contribution in [0.5, 0.6) is 0 Å². The van der Waals surface area contributed by atoms with Crippen molar-refractivity contribution in [3.63, 3.8) is 0 Å². The second-order valence-electron chi connectivity index (χ2n) is 3.28. The maximum Gasteiger partial charge on any atom is 0.354 e. The fourth-order valence-corrected chi connectivity index (χ4v) is 1.62. The van der Waals surface area contributed by atoms with Crippen molar-refractivity contribution in [2.75, 3.05) is 7.11 Å². The Hall–Kier alpha value is -1.75. The Balaban J connectivity index is 2.54. The van der Waals surface area contributed by atoms with Gasteiger partial charge in [-0.15, -0.1) is 12.6 Å². The number of rotatable bonds is 2. The number of hydrogen-bond acceptors (Lipinski definition) is 3. The summed E-state index contributed by atoms with van der Waals surface area (Å²) in [6.07, 6.45) is 0. The molecular weight excluding hydrogens is 226 g/mol. The topological polar surface area (TPSA) is 59.2 Å². The van der Waals surface area contributed by atoms with Crippen LogP contribution in [0.15, 0.2) is 24.3 Å². The van der Waals surface area contributed by atoms with Crippen molar-refractivity contribution >= 4 is 34.6 Å². The van der Waals surface area contributed by atoms with E-state index in [2.05, 4.69) is 22.3 Å². The number of thiol groups is 1. The van der Waals surface area contributed by atoms with E-state index in [4.69, 9.17) is 0 Å². The molecule has 1 N–H and O–H groups in total. The molecule has 82 valence electrons. The van der Waals surface area contributed by atoms with Crippen LogP contribution in [0.3, 0.4) is 0 Å². The molecule has 2 aromatic rings. The summed E-state index contributed by atoms with van der Waals surface area (Å²) in [7, 11) is 1.32. The van der Waals surface area contributed by atoms with Crippen LogP contribution in [0.4, 0.5) is 0 Å². The van der Waals surface area contributed by atoms with Crippen LogP contribution in [0.2, 0.25) is 0 Å². The smallest absolute Gasteiger partial charge is 0.354 e. The minimum Gasteiger partial charge on any atom is -0.464 e. The summed E-state index contributed by atoms with van der Waals surface area (Å²) in [5.74, 6) is -0.435. The zero-order valence-electron chi connectivity index (χ0n) is 8.48. The van der Waals surface area contributed by atoms with Crippen LogP contribution < -0.4 is 0 Å². The molecule has 0 saturated heterocycles. The number of nitrogens with one attached hydrogen (secondary N) is 1. The Morgan fingerprint density at radius 1 is 1.31 bits per heavy atom. The fourth-order valence-electron chi connectivity index (χ4n) is 1.49. The monoisotopic (exact) mass is 235 g/mol. The van der Waals surface area contributed by atoms with E-state index < -0.39 is 5.97 Å². The molecule has 1 heterocycles. The SMILES string of the molecule is COC(=O)c1cc2cc(C(=O)S)ccc2[nH]1. The maximum atomic E-state index is 11.3. The van der Waals surface area contributed by atoms with Gasteiger partial charge in [-0.2, -0.15) is 0 Å². The molecule has 0 amide bonds. The standard InChI is InChI=1S/C11H9NO3S/c1-15-10(13)9-5-7-4-6(11(14)16)2-3-8(7)12-9/h2-5,12H,1H3,(H,14,16). The third kappa shape index (κ3) is 1.81. The summed E-state index contributed by atoms with van der Waals surface area (Å²) < 4.78 is 4.59. The second-order valence-corrected chi connectivity index (χ2v) is 3.69. The van der Waals surface area contributed by atoms with Gasteiger partial charge in [0.05, 0.1) is 7.11 Å². The van der Waals surface area contributed by atoms with Crippen LogP contribution >= 0.6 is 12.6 Å². The summed E-state index contributed by atoms with van der Waals surface area (Å²) in [5, 5.41) is 0.475. The van der Waals surface area contributed by atoms with E-state index in [1.54, 1.807) is 24.3 Å². The second kappa shape index (κ2) is 4.02. The summed E-state index contributed by atoms with van der Waals surface area (Å²) in [6, 6.07) is 6.69. The van der Waals surface area contributed by atoms with Gasteiger partial charge in [-0.25, -0.2) is 4.79 Å². The quantitative estimate of drug-likeness (QED) is 0.618. The molecule has 4 nitrogen and oxygen atoms in total. The molecule has 5 heteroatoms.